The number of rotatable bonds is 36. The Bertz CT molecular complexity index is 593. The highest BCUT2D eigenvalue weighted by molar-refractivity contribution is 4.83. The summed E-state index contributed by atoms with van der Waals surface area (Å²) in [7, 11) is 2.25. The van der Waals surface area contributed by atoms with Crippen molar-refractivity contribution in [3.05, 3.63) is 24.3 Å². The van der Waals surface area contributed by atoms with Gasteiger partial charge in [-0.05, 0) is 71.3 Å². The summed E-state index contributed by atoms with van der Waals surface area (Å²) in [6, 6.07) is 0. The minimum absolute atomic E-state index is 0.638. The Kier molecular flexibility index (Phi) is 33.6. The van der Waals surface area contributed by atoms with E-state index in [9.17, 15) is 0 Å². The first-order valence-corrected chi connectivity index (χ1v) is 20.9. The van der Waals surface area contributed by atoms with Crippen LogP contribution < -0.4 is 0 Å². The summed E-state index contributed by atoms with van der Waals surface area (Å²) in [5, 5.41) is 0. The van der Waals surface area contributed by atoms with Crippen molar-refractivity contribution in [3.8, 4) is 0 Å². The van der Waals surface area contributed by atoms with E-state index in [0.29, 0.717) is 11.8 Å². The van der Waals surface area contributed by atoms with Gasteiger partial charge in [-0.3, -0.25) is 0 Å². The van der Waals surface area contributed by atoms with Gasteiger partial charge in [0.15, 0.2) is 0 Å². The molecular weight excluding hydrogens is 562 g/mol. The fourth-order valence-electron chi connectivity index (χ4n) is 6.92. The highest BCUT2D eigenvalue weighted by atomic mass is 16.5. The number of unbranched alkanes of at least 4 members (excludes halogenated alkanes) is 24. The Morgan fingerprint density at radius 3 is 1.02 bits per heavy atom. The SMILES string of the molecule is CCCCCCCC/C=C\CCCCCCCCOC[C@@H]1CN(C)C[C@H]1COCCCCCCCC/C=C\CCCCCCCC. The topological polar surface area (TPSA) is 21.7 Å². The molecule has 0 saturated carbocycles. The fraction of sp³-hybridized carbons (Fsp3) is 0.907. The van der Waals surface area contributed by atoms with Gasteiger partial charge in [-0.2, -0.15) is 0 Å². The van der Waals surface area contributed by atoms with Crippen molar-refractivity contribution in [2.75, 3.05) is 46.6 Å². The van der Waals surface area contributed by atoms with Crippen LogP contribution in [0.1, 0.15) is 194 Å². The van der Waals surface area contributed by atoms with E-state index in [1.807, 2.05) is 0 Å². The maximum Gasteiger partial charge on any atom is 0.0510 e. The molecule has 2 atom stereocenters. The largest absolute Gasteiger partial charge is 0.381 e. The van der Waals surface area contributed by atoms with E-state index in [0.717, 1.165) is 39.5 Å². The van der Waals surface area contributed by atoms with Crippen LogP contribution in [0.15, 0.2) is 24.3 Å². The molecular formula is C43H83NO2. The van der Waals surface area contributed by atoms with Gasteiger partial charge in [0.1, 0.15) is 0 Å². The molecule has 1 aliphatic heterocycles. The summed E-state index contributed by atoms with van der Waals surface area (Å²) in [5.74, 6) is 1.28. The maximum atomic E-state index is 6.16. The zero-order valence-corrected chi connectivity index (χ0v) is 31.8. The van der Waals surface area contributed by atoms with Gasteiger partial charge in [-0.25, -0.2) is 0 Å². The summed E-state index contributed by atoms with van der Waals surface area (Å²) in [4.78, 5) is 2.47. The molecule has 0 bridgehead atoms. The molecule has 0 unspecified atom stereocenters. The molecule has 0 spiro atoms. The van der Waals surface area contributed by atoms with Crippen molar-refractivity contribution < 1.29 is 9.47 Å². The summed E-state index contributed by atoms with van der Waals surface area (Å²) in [6.45, 7) is 10.6. The van der Waals surface area contributed by atoms with E-state index < -0.39 is 0 Å². The third-order valence-electron chi connectivity index (χ3n) is 10.0. The lowest BCUT2D eigenvalue weighted by atomic mass is 9.98. The van der Waals surface area contributed by atoms with E-state index in [1.165, 1.54) is 180 Å². The monoisotopic (exact) mass is 646 g/mol. The van der Waals surface area contributed by atoms with Gasteiger partial charge in [0.25, 0.3) is 0 Å². The Hall–Kier alpha value is -0.640. The lowest BCUT2D eigenvalue weighted by Gasteiger charge is -2.18. The van der Waals surface area contributed by atoms with E-state index in [-0.39, 0.29) is 0 Å². The molecule has 0 aromatic carbocycles. The van der Waals surface area contributed by atoms with Crippen molar-refractivity contribution in [2.45, 2.75) is 194 Å². The average molecular weight is 646 g/mol. The number of likely N-dealkylation sites (tertiary alicyclic amines) is 1. The summed E-state index contributed by atoms with van der Waals surface area (Å²) >= 11 is 0. The van der Waals surface area contributed by atoms with Gasteiger partial charge < -0.3 is 14.4 Å². The van der Waals surface area contributed by atoms with E-state index in [2.05, 4.69) is 50.1 Å². The number of hydrogen-bond donors (Lipinski definition) is 0. The van der Waals surface area contributed by atoms with Crippen molar-refractivity contribution in [1.29, 1.82) is 0 Å². The first-order valence-electron chi connectivity index (χ1n) is 20.9. The van der Waals surface area contributed by atoms with Crippen LogP contribution >= 0.6 is 0 Å². The first kappa shape index (κ1) is 43.4. The normalized spacial score (nSPS) is 17.4. The van der Waals surface area contributed by atoms with E-state index >= 15 is 0 Å². The summed E-state index contributed by atoms with van der Waals surface area (Å²) in [6.07, 6.45) is 47.7. The lowest BCUT2D eigenvalue weighted by Crippen LogP contribution is -2.23. The molecule has 3 heteroatoms. The molecule has 1 heterocycles. The van der Waals surface area contributed by atoms with Crippen molar-refractivity contribution >= 4 is 0 Å². The number of ether oxygens (including phenoxy) is 2. The maximum absolute atomic E-state index is 6.16. The fourth-order valence-corrected chi connectivity index (χ4v) is 6.92. The molecule has 1 aliphatic rings. The predicted molar refractivity (Wildman–Crippen MR) is 205 cm³/mol. The highest BCUT2D eigenvalue weighted by Crippen LogP contribution is 2.23. The molecule has 0 aliphatic carbocycles. The Morgan fingerprint density at radius 1 is 0.413 bits per heavy atom. The van der Waals surface area contributed by atoms with Crippen LogP contribution in [-0.4, -0.2) is 51.5 Å². The average Bonchev–Trinajstić information content (AvgIpc) is 3.42. The quantitative estimate of drug-likeness (QED) is 0.0500. The van der Waals surface area contributed by atoms with Gasteiger partial charge in [0.2, 0.25) is 0 Å². The molecule has 0 radical (unpaired) electrons. The van der Waals surface area contributed by atoms with Crippen LogP contribution in [0, 0.1) is 11.8 Å². The van der Waals surface area contributed by atoms with Crippen molar-refractivity contribution in [3.63, 3.8) is 0 Å². The summed E-state index contributed by atoms with van der Waals surface area (Å²) in [5.41, 5.74) is 0. The standard InChI is InChI=1S/C43H83NO2/c1-4-6-8-10-12-14-16-18-20-22-24-26-28-30-32-34-36-45-40-42-38-44(3)39-43(42)41-46-37-35-33-31-29-27-25-23-21-19-17-15-13-11-9-7-5-2/h18-21,42-43H,4-17,22-41H2,1-3H3/b20-18-,21-19-/t42-,43-/m0/s1. The van der Waals surface area contributed by atoms with Gasteiger partial charge in [-0.15, -0.1) is 0 Å². The van der Waals surface area contributed by atoms with Crippen LogP contribution in [-0.2, 0) is 9.47 Å². The minimum atomic E-state index is 0.638. The third-order valence-corrected chi connectivity index (χ3v) is 10.0. The van der Waals surface area contributed by atoms with Crippen LogP contribution in [0.5, 0.6) is 0 Å². The molecule has 0 N–H and O–H groups in total. The molecule has 1 rings (SSSR count). The molecule has 0 aromatic rings. The molecule has 272 valence electrons. The zero-order valence-electron chi connectivity index (χ0n) is 31.8. The van der Waals surface area contributed by atoms with Crippen LogP contribution in [0.25, 0.3) is 0 Å². The Labute approximate surface area is 290 Å². The van der Waals surface area contributed by atoms with Gasteiger partial charge >= 0.3 is 0 Å². The Morgan fingerprint density at radius 2 is 0.696 bits per heavy atom. The molecule has 3 nitrogen and oxygen atoms in total. The second-order valence-corrected chi connectivity index (χ2v) is 14.8. The number of hydrogen-bond acceptors (Lipinski definition) is 3. The zero-order chi connectivity index (χ0) is 33.0. The first-order chi connectivity index (χ1) is 22.8. The highest BCUT2D eigenvalue weighted by Gasteiger charge is 2.30. The van der Waals surface area contributed by atoms with Gasteiger partial charge in [0, 0.05) is 38.1 Å². The van der Waals surface area contributed by atoms with Gasteiger partial charge in [0.05, 0.1) is 13.2 Å². The molecule has 0 amide bonds. The van der Waals surface area contributed by atoms with Crippen molar-refractivity contribution in [1.82, 2.24) is 4.90 Å². The molecule has 0 aromatic heterocycles. The minimum Gasteiger partial charge on any atom is -0.381 e. The van der Waals surface area contributed by atoms with Crippen molar-refractivity contribution in [2.24, 2.45) is 11.8 Å². The second kappa shape index (κ2) is 35.7. The predicted octanol–water partition coefficient (Wildman–Crippen LogP) is 13.3. The molecule has 1 fully saturated rings. The van der Waals surface area contributed by atoms with Gasteiger partial charge in [-0.1, -0.05) is 154 Å². The molecule has 1 saturated heterocycles. The molecule has 46 heavy (non-hydrogen) atoms. The summed E-state index contributed by atoms with van der Waals surface area (Å²) < 4.78 is 12.3. The lowest BCUT2D eigenvalue weighted by molar-refractivity contribution is 0.0482. The number of nitrogens with zero attached hydrogens (tertiary/aromatic N) is 1. The third kappa shape index (κ3) is 29.5. The van der Waals surface area contributed by atoms with E-state index in [1.54, 1.807) is 0 Å². The van der Waals surface area contributed by atoms with Crippen LogP contribution in [0.4, 0.5) is 0 Å². The smallest absolute Gasteiger partial charge is 0.0510 e. The van der Waals surface area contributed by atoms with Crippen LogP contribution in [0.2, 0.25) is 0 Å². The van der Waals surface area contributed by atoms with E-state index in [4.69, 9.17) is 9.47 Å². The second-order valence-electron chi connectivity index (χ2n) is 14.8. The Balaban J connectivity index is 1.86. The van der Waals surface area contributed by atoms with Crippen LogP contribution in [0.3, 0.4) is 0 Å². The number of allylic oxidation sites excluding steroid dienone is 4.